The first kappa shape index (κ1) is 12.7. The Morgan fingerprint density at radius 1 is 1.25 bits per heavy atom. The fourth-order valence-electron chi connectivity index (χ4n) is 2.15. The SMILES string of the molecule is CCCNc1nccc(-c2cc3cccc(C)c3o2)n1. The van der Waals surface area contributed by atoms with Gasteiger partial charge in [0.05, 0.1) is 0 Å². The first-order chi connectivity index (χ1) is 9.78. The van der Waals surface area contributed by atoms with Crippen molar-refractivity contribution in [1.82, 2.24) is 9.97 Å². The molecule has 1 aromatic carbocycles. The maximum absolute atomic E-state index is 5.93. The summed E-state index contributed by atoms with van der Waals surface area (Å²) in [6.45, 7) is 5.02. The number of anilines is 1. The summed E-state index contributed by atoms with van der Waals surface area (Å²) >= 11 is 0. The molecule has 3 rings (SSSR count). The van der Waals surface area contributed by atoms with Gasteiger partial charge in [0.1, 0.15) is 11.3 Å². The second-order valence-corrected chi connectivity index (χ2v) is 4.80. The molecule has 0 saturated carbocycles. The second kappa shape index (κ2) is 5.33. The van der Waals surface area contributed by atoms with Crippen LogP contribution < -0.4 is 5.32 Å². The third-order valence-corrected chi connectivity index (χ3v) is 3.18. The smallest absolute Gasteiger partial charge is 0.223 e. The van der Waals surface area contributed by atoms with E-state index in [4.69, 9.17) is 4.42 Å². The Kier molecular flexibility index (Phi) is 3.37. The zero-order chi connectivity index (χ0) is 13.9. The highest BCUT2D eigenvalue weighted by Gasteiger charge is 2.09. The van der Waals surface area contributed by atoms with E-state index in [1.165, 1.54) is 0 Å². The summed E-state index contributed by atoms with van der Waals surface area (Å²) in [5.74, 6) is 1.41. The third kappa shape index (κ3) is 2.37. The van der Waals surface area contributed by atoms with Crippen molar-refractivity contribution in [2.45, 2.75) is 20.3 Å². The number of aryl methyl sites for hydroxylation is 1. The number of nitrogens with zero attached hydrogens (tertiary/aromatic N) is 2. The van der Waals surface area contributed by atoms with E-state index in [0.717, 1.165) is 41.0 Å². The van der Waals surface area contributed by atoms with Crippen molar-refractivity contribution in [2.75, 3.05) is 11.9 Å². The van der Waals surface area contributed by atoms with Crippen LogP contribution in [0, 0.1) is 6.92 Å². The topological polar surface area (TPSA) is 51.0 Å². The van der Waals surface area contributed by atoms with E-state index in [2.05, 4.69) is 22.2 Å². The lowest BCUT2D eigenvalue weighted by molar-refractivity contribution is 0.626. The molecule has 0 aliphatic heterocycles. The summed E-state index contributed by atoms with van der Waals surface area (Å²) in [7, 11) is 0. The fraction of sp³-hybridized carbons (Fsp3) is 0.250. The Bertz CT molecular complexity index is 733. The molecule has 4 heteroatoms. The Morgan fingerprint density at radius 2 is 2.15 bits per heavy atom. The van der Waals surface area contributed by atoms with Crippen molar-refractivity contribution in [3.05, 3.63) is 42.1 Å². The zero-order valence-corrected chi connectivity index (χ0v) is 11.7. The molecule has 3 aromatic rings. The number of nitrogens with one attached hydrogen (secondary N) is 1. The molecule has 0 spiro atoms. The molecule has 0 bridgehead atoms. The fourth-order valence-corrected chi connectivity index (χ4v) is 2.15. The van der Waals surface area contributed by atoms with E-state index in [9.17, 15) is 0 Å². The summed E-state index contributed by atoms with van der Waals surface area (Å²) in [6, 6.07) is 10.0. The van der Waals surface area contributed by atoms with Crippen LogP contribution in [0.4, 0.5) is 5.95 Å². The standard InChI is InChI=1S/C16H17N3O/c1-3-8-17-16-18-9-7-13(19-16)14-10-12-6-4-5-11(2)15(12)20-14/h4-7,9-10H,3,8H2,1-2H3,(H,17,18,19). The second-order valence-electron chi connectivity index (χ2n) is 4.80. The highest BCUT2D eigenvalue weighted by Crippen LogP contribution is 2.28. The number of para-hydroxylation sites is 1. The van der Waals surface area contributed by atoms with Gasteiger partial charge in [-0.15, -0.1) is 0 Å². The molecule has 0 amide bonds. The third-order valence-electron chi connectivity index (χ3n) is 3.18. The minimum atomic E-state index is 0.640. The molecule has 0 unspecified atom stereocenters. The number of rotatable bonds is 4. The normalized spacial score (nSPS) is 10.9. The zero-order valence-electron chi connectivity index (χ0n) is 11.7. The number of hydrogen-bond acceptors (Lipinski definition) is 4. The van der Waals surface area contributed by atoms with Crippen LogP contribution in [0.3, 0.4) is 0 Å². The summed E-state index contributed by atoms with van der Waals surface area (Å²) in [4.78, 5) is 8.70. The van der Waals surface area contributed by atoms with Gasteiger partial charge in [-0.1, -0.05) is 25.1 Å². The summed E-state index contributed by atoms with van der Waals surface area (Å²) in [5, 5.41) is 4.28. The van der Waals surface area contributed by atoms with E-state index in [1.54, 1.807) is 6.20 Å². The largest absolute Gasteiger partial charge is 0.454 e. The van der Waals surface area contributed by atoms with Gasteiger partial charge in [0.2, 0.25) is 5.95 Å². The average molecular weight is 267 g/mol. The van der Waals surface area contributed by atoms with Gasteiger partial charge in [-0.2, -0.15) is 0 Å². The molecule has 20 heavy (non-hydrogen) atoms. The molecule has 0 aliphatic rings. The highest BCUT2D eigenvalue weighted by molar-refractivity contribution is 5.84. The molecule has 0 radical (unpaired) electrons. The van der Waals surface area contributed by atoms with Crippen molar-refractivity contribution in [1.29, 1.82) is 0 Å². The molecule has 0 saturated heterocycles. The van der Waals surface area contributed by atoms with Gasteiger partial charge in [-0.25, -0.2) is 9.97 Å². The lowest BCUT2D eigenvalue weighted by Gasteiger charge is -2.03. The Morgan fingerprint density at radius 3 is 2.95 bits per heavy atom. The van der Waals surface area contributed by atoms with Crippen molar-refractivity contribution < 1.29 is 4.42 Å². The number of benzene rings is 1. The Hall–Kier alpha value is -2.36. The summed E-state index contributed by atoms with van der Waals surface area (Å²) in [5.41, 5.74) is 2.85. The lowest BCUT2D eigenvalue weighted by Crippen LogP contribution is -2.04. The first-order valence-corrected chi connectivity index (χ1v) is 6.84. The van der Waals surface area contributed by atoms with E-state index < -0.39 is 0 Å². The maximum Gasteiger partial charge on any atom is 0.223 e. The number of fused-ring (bicyclic) bond motifs is 1. The van der Waals surface area contributed by atoms with Crippen molar-refractivity contribution in [3.63, 3.8) is 0 Å². The molecule has 102 valence electrons. The van der Waals surface area contributed by atoms with Gasteiger partial charge in [0.15, 0.2) is 5.76 Å². The van der Waals surface area contributed by atoms with Gasteiger partial charge in [-0.05, 0) is 31.0 Å². The quantitative estimate of drug-likeness (QED) is 0.775. The van der Waals surface area contributed by atoms with Crippen LogP contribution in [0.2, 0.25) is 0 Å². The van der Waals surface area contributed by atoms with Gasteiger partial charge in [-0.3, -0.25) is 0 Å². The highest BCUT2D eigenvalue weighted by atomic mass is 16.3. The molecule has 1 N–H and O–H groups in total. The number of hydrogen-bond donors (Lipinski definition) is 1. The maximum atomic E-state index is 5.93. The molecular weight excluding hydrogens is 250 g/mol. The molecular formula is C16H17N3O. The van der Waals surface area contributed by atoms with Crippen LogP contribution in [0.1, 0.15) is 18.9 Å². The lowest BCUT2D eigenvalue weighted by atomic mass is 10.2. The van der Waals surface area contributed by atoms with Crippen LogP contribution in [0.5, 0.6) is 0 Å². The van der Waals surface area contributed by atoms with Gasteiger partial charge < -0.3 is 9.73 Å². The van der Waals surface area contributed by atoms with Gasteiger partial charge in [0, 0.05) is 18.1 Å². The summed E-state index contributed by atoms with van der Waals surface area (Å²) in [6.07, 6.45) is 2.79. The number of aromatic nitrogens is 2. The first-order valence-electron chi connectivity index (χ1n) is 6.84. The van der Waals surface area contributed by atoms with Crippen LogP contribution in [-0.2, 0) is 0 Å². The van der Waals surface area contributed by atoms with E-state index in [0.29, 0.717) is 5.95 Å². The van der Waals surface area contributed by atoms with E-state index in [-0.39, 0.29) is 0 Å². The minimum absolute atomic E-state index is 0.640. The predicted molar refractivity (Wildman–Crippen MR) is 80.8 cm³/mol. The van der Waals surface area contributed by atoms with Crippen molar-refractivity contribution in [3.8, 4) is 11.5 Å². The van der Waals surface area contributed by atoms with Crippen LogP contribution in [0.25, 0.3) is 22.4 Å². The summed E-state index contributed by atoms with van der Waals surface area (Å²) < 4.78 is 5.93. The van der Waals surface area contributed by atoms with E-state index >= 15 is 0 Å². The molecule has 2 heterocycles. The monoisotopic (exact) mass is 267 g/mol. The van der Waals surface area contributed by atoms with Gasteiger partial charge >= 0.3 is 0 Å². The van der Waals surface area contributed by atoms with E-state index in [1.807, 2.05) is 37.3 Å². The average Bonchev–Trinajstić information content (AvgIpc) is 2.91. The van der Waals surface area contributed by atoms with Gasteiger partial charge in [0.25, 0.3) is 0 Å². The minimum Gasteiger partial charge on any atom is -0.454 e. The molecule has 4 nitrogen and oxygen atoms in total. The van der Waals surface area contributed by atoms with Crippen molar-refractivity contribution in [2.24, 2.45) is 0 Å². The Balaban J connectivity index is 2.00. The molecule has 2 aromatic heterocycles. The molecule has 0 fully saturated rings. The van der Waals surface area contributed by atoms with Crippen LogP contribution in [0.15, 0.2) is 40.9 Å². The van der Waals surface area contributed by atoms with Crippen LogP contribution in [-0.4, -0.2) is 16.5 Å². The number of furan rings is 1. The molecule has 0 aliphatic carbocycles. The van der Waals surface area contributed by atoms with Crippen LogP contribution >= 0.6 is 0 Å². The van der Waals surface area contributed by atoms with Crippen molar-refractivity contribution >= 4 is 16.9 Å². The predicted octanol–water partition coefficient (Wildman–Crippen LogP) is 4.02. The molecule has 0 atom stereocenters. The Labute approximate surface area is 117 Å².